The third kappa shape index (κ3) is 3.65. The Morgan fingerprint density at radius 2 is 2.21 bits per heavy atom. The number of piperidine rings is 1. The summed E-state index contributed by atoms with van der Waals surface area (Å²) in [4.78, 5) is 17.3. The topological polar surface area (TPSA) is 94.5 Å². The van der Waals surface area contributed by atoms with Crippen LogP contribution in [-0.4, -0.2) is 43.2 Å². The zero-order valence-corrected chi connectivity index (χ0v) is 10.9. The Labute approximate surface area is 112 Å². The van der Waals surface area contributed by atoms with E-state index in [9.17, 15) is 4.79 Å². The minimum Gasteiger partial charge on any atom is -0.377 e. The lowest BCUT2D eigenvalue weighted by atomic mass is 10.1. The van der Waals surface area contributed by atoms with Crippen LogP contribution in [0, 0.1) is 0 Å². The van der Waals surface area contributed by atoms with E-state index in [1.165, 1.54) is 0 Å². The van der Waals surface area contributed by atoms with Crippen molar-refractivity contribution < 1.29 is 9.53 Å². The summed E-state index contributed by atoms with van der Waals surface area (Å²) < 4.78 is 5.64. The Morgan fingerprint density at radius 1 is 1.47 bits per heavy atom. The first-order chi connectivity index (χ1) is 9.20. The standard InChI is InChI=1S/C13H20N4O2/c14-4-8-19-11-2-6-17(7-3-11)10-1-5-16-12(9-10)13(15)18/h1,5,9,11H,2-4,6-8,14H2,(H2,15,18). The van der Waals surface area contributed by atoms with Crippen molar-refractivity contribution >= 4 is 11.6 Å². The quantitative estimate of drug-likeness (QED) is 0.788. The SMILES string of the molecule is NCCOC1CCN(c2ccnc(C(N)=O)c2)CC1. The molecule has 2 heterocycles. The van der Waals surface area contributed by atoms with E-state index in [2.05, 4.69) is 9.88 Å². The second kappa shape index (κ2) is 6.49. The number of carbonyl (C=O) groups excluding carboxylic acids is 1. The fraction of sp³-hybridized carbons (Fsp3) is 0.538. The van der Waals surface area contributed by atoms with E-state index >= 15 is 0 Å². The fourth-order valence-electron chi connectivity index (χ4n) is 2.27. The van der Waals surface area contributed by atoms with E-state index in [0.717, 1.165) is 31.6 Å². The van der Waals surface area contributed by atoms with Gasteiger partial charge in [0.15, 0.2) is 0 Å². The van der Waals surface area contributed by atoms with Crippen LogP contribution in [-0.2, 0) is 4.74 Å². The summed E-state index contributed by atoms with van der Waals surface area (Å²) >= 11 is 0. The van der Waals surface area contributed by atoms with Crippen LogP contribution in [0.15, 0.2) is 18.3 Å². The number of hydrogen-bond acceptors (Lipinski definition) is 5. The predicted molar refractivity (Wildman–Crippen MR) is 73.0 cm³/mol. The number of rotatable bonds is 5. The van der Waals surface area contributed by atoms with Gasteiger partial charge < -0.3 is 21.1 Å². The van der Waals surface area contributed by atoms with Gasteiger partial charge in [-0.15, -0.1) is 0 Å². The molecule has 4 N–H and O–H groups in total. The molecule has 1 aliphatic rings. The summed E-state index contributed by atoms with van der Waals surface area (Å²) in [6.45, 7) is 2.98. The molecule has 0 aliphatic carbocycles. The van der Waals surface area contributed by atoms with Crippen LogP contribution < -0.4 is 16.4 Å². The summed E-state index contributed by atoms with van der Waals surface area (Å²) in [7, 11) is 0. The molecule has 0 unspecified atom stereocenters. The van der Waals surface area contributed by atoms with Crippen molar-refractivity contribution in [1.29, 1.82) is 0 Å². The van der Waals surface area contributed by atoms with Crippen LogP contribution in [0.1, 0.15) is 23.3 Å². The Bertz CT molecular complexity index is 430. The first-order valence-corrected chi connectivity index (χ1v) is 6.53. The van der Waals surface area contributed by atoms with E-state index in [-0.39, 0.29) is 6.10 Å². The highest BCUT2D eigenvalue weighted by atomic mass is 16.5. The van der Waals surface area contributed by atoms with Crippen molar-refractivity contribution in [2.24, 2.45) is 11.5 Å². The normalized spacial score (nSPS) is 16.6. The minimum atomic E-state index is -0.497. The third-order valence-electron chi connectivity index (χ3n) is 3.27. The number of nitrogens with zero attached hydrogens (tertiary/aromatic N) is 2. The van der Waals surface area contributed by atoms with Gasteiger partial charge in [-0.25, -0.2) is 0 Å². The Balaban J connectivity index is 1.94. The molecular weight excluding hydrogens is 244 g/mol. The molecule has 0 aromatic carbocycles. The molecular formula is C13H20N4O2. The molecule has 0 spiro atoms. The molecule has 0 radical (unpaired) electrons. The van der Waals surface area contributed by atoms with Crippen molar-refractivity contribution in [2.75, 3.05) is 31.1 Å². The van der Waals surface area contributed by atoms with Crippen LogP contribution in [0.5, 0.6) is 0 Å². The number of pyridine rings is 1. The van der Waals surface area contributed by atoms with Crippen LogP contribution in [0.25, 0.3) is 0 Å². The molecule has 1 saturated heterocycles. The van der Waals surface area contributed by atoms with Crippen LogP contribution in [0.3, 0.4) is 0 Å². The zero-order valence-electron chi connectivity index (χ0n) is 10.9. The molecule has 6 heteroatoms. The van der Waals surface area contributed by atoms with Gasteiger partial charge in [0.2, 0.25) is 0 Å². The summed E-state index contributed by atoms with van der Waals surface area (Å²) in [5.41, 5.74) is 12.0. The third-order valence-corrected chi connectivity index (χ3v) is 3.27. The van der Waals surface area contributed by atoms with Gasteiger partial charge in [-0.05, 0) is 25.0 Å². The molecule has 0 bridgehead atoms. The number of ether oxygens (including phenoxy) is 1. The van der Waals surface area contributed by atoms with E-state index in [0.29, 0.717) is 18.8 Å². The van der Waals surface area contributed by atoms with E-state index in [1.807, 2.05) is 6.07 Å². The Kier molecular flexibility index (Phi) is 4.70. The highest BCUT2D eigenvalue weighted by Crippen LogP contribution is 2.21. The van der Waals surface area contributed by atoms with Gasteiger partial charge in [0.05, 0.1) is 12.7 Å². The fourth-order valence-corrected chi connectivity index (χ4v) is 2.27. The highest BCUT2D eigenvalue weighted by molar-refractivity contribution is 5.91. The van der Waals surface area contributed by atoms with E-state index in [4.69, 9.17) is 16.2 Å². The van der Waals surface area contributed by atoms with Crippen molar-refractivity contribution in [1.82, 2.24) is 4.98 Å². The van der Waals surface area contributed by atoms with Crippen LogP contribution >= 0.6 is 0 Å². The van der Waals surface area contributed by atoms with Crippen molar-refractivity contribution in [3.63, 3.8) is 0 Å². The molecule has 1 fully saturated rings. The smallest absolute Gasteiger partial charge is 0.267 e. The molecule has 1 aromatic rings. The Hall–Kier alpha value is -1.66. The van der Waals surface area contributed by atoms with Crippen LogP contribution in [0.2, 0.25) is 0 Å². The number of amides is 1. The van der Waals surface area contributed by atoms with Gasteiger partial charge in [0.1, 0.15) is 5.69 Å². The van der Waals surface area contributed by atoms with E-state index in [1.54, 1.807) is 12.3 Å². The maximum absolute atomic E-state index is 11.1. The lowest BCUT2D eigenvalue weighted by Gasteiger charge is -2.33. The molecule has 104 valence electrons. The molecule has 1 aromatic heterocycles. The second-order valence-corrected chi connectivity index (χ2v) is 4.61. The number of carbonyl (C=O) groups is 1. The van der Waals surface area contributed by atoms with Crippen molar-refractivity contribution in [3.8, 4) is 0 Å². The van der Waals surface area contributed by atoms with Gasteiger partial charge in [0.25, 0.3) is 5.91 Å². The number of primary amides is 1. The second-order valence-electron chi connectivity index (χ2n) is 4.61. The van der Waals surface area contributed by atoms with Gasteiger partial charge in [-0.2, -0.15) is 0 Å². The van der Waals surface area contributed by atoms with Gasteiger partial charge >= 0.3 is 0 Å². The number of nitrogens with two attached hydrogens (primary N) is 2. The summed E-state index contributed by atoms with van der Waals surface area (Å²) in [6.07, 6.45) is 3.84. The van der Waals surface area contributed by atoms with Gasteiger partial charge in [0, 0.05) is 31.5 Å². The highest BCUT2D eigenvalue weighted by Gasteiger charge is 2.20. The summed E-state index contributed by atoms with van der Waals surface area (Å²) in [5.74, 6) is -0.497. The summed E-state index contributed by atoms with van der Waals surface area (Å²) in [6, 6.07) is 3.64. The zero-order chi connectivity index (χ0) is 13.7. The number of hydrogen-bond donors (Lipinski definition) is 2. The molecule has 6 nitrogen and oxygen atoms in total. The number of anilines is 1. The summed E-state index contributed by atoms with van der Waals surface area (Å²) in [5, 5.41) is 0. The maximum atomic E-state index is 11.1. The first kappa shape index (κ1) is 13.8. The van der Waals surface area contributed by atoms with Crippen molar-refractivity contribution in [3.05, 3.63) is 24.0 Å². The van der Waals surface area contributed by atoms with Gasteiger partial charge in [-0.3, -0.25) is 9.78 Å². The first-order valence-electron chi connectivity index (χ1n) is 6.53. The van der Waals surface area contributed by atoms with E-state index < -0.39 is 5.91 Å². The largest absolute Gasteiger partial charge is 0.377 e. The predicted octanol–water partition coefficient (Wildman–Crippen LogP) is 0.125. The van der Waals surface area contributed by atoms with Crippen LogP contribution in [0.4, 0.5) is 5.69 Å². The molecule has 1 amide bonds. The number of aromatic nitrogens is 1. The minimum absolute atomic E-state index is 0.289. The van der Waals surface area contributed by atoms with Crippen molar-refractivity contribution in [2.45, 2.75) is 18.9 Å². The lowest BCUT2D eigenvalue weighted by molar-refractivity contribution is 0.0422. The lowest BCUT2D eigenvalue weighted by Crippen LogP contribution is -2.37. The molecule has 19 heavy (non-hydrogen) atoms. The van der Waals surface area contributed by atoms with Gasteiger partial charge in [-0.1, -0.05) is 0 Å². The molecule has 0 atom stereocenters. The average molecular weight is 264 g/mol. The molecule has 0 saturated carbocycles. The Morgan fingerprint density at radius 3 is 2.84 bits per heavy atom. The monoisotopic (exact) mass is 264 g/mol. The maximum Gasteiger partial charge on any atom is 0.267 e. The molecule has 1 aliphatic heterocycles. The molecule has 2 rings (SSSR count). The average Bonchev–Trinajstić information content (AvgIpc) is 2.46.